The minimum absolute atomic E-state index is 0.0295. The fourth-order valence-corrected chi connectivity index (χ4v) is 5.67. The summed E-state index contributed by atoms with van der Waals surface area (Å²) in [7, 11) is 0. The number of ether oxygens (including phenoxy) is 1. The zero-order valence-electron chi connectivity index (χ0n) is 19.8. The first-order chi connectivity index (χ1) is 17.0. The van der Waals surface area contributed by atoms with E-state index in [0.717, 1.165) is 54.4 Å². The predicted octanol–water partition coefficient (Wildman–Crippen LogP) is 4.46. The number of carboxylic acid groups (broad SMARTS) is 1. The van der Waals surface area contributed by atoms with Gasteiger partial charge >= 0.3 is 12.1 Å². The van der Waals surface area contributed by atoms with Crippen molar-refractivity contribution in [2.24, 2.45) is 11.3 Å². The molecule has 2 saturated carbocycles. The summed E-state index contributed by atoms with van der Waals surface area (Å²) in [5, 5.41) is 15.2. The van der Waals surface area contributed by atoms with Crippen LogP contribution in [0.5, 0.6) is 0 Å². The SMILES string of the molecule is O=C(NCC1(C(=O)NC(C(=O)O)C2CCCCC2)CC1)OCC1c2ccccc2-c2ccccc21. The molecule has 0 aromatic heterocycles. The molecule has 3 N–H and O–H groups in total. The van der Waals surface area contributed by atoms with E-state index in [2.05, 4.69) is 34.9 Å². The Morgan fingerprint density at radius 2 is 1.54 bits per heavy atom. The monoisotopic (exact) mass is 476 g/mol. The Labute approximate surface area is 205 Å². The highest BCUT2D eigenvalue weighted by molar-refractivity contribution is 5.90. The van der Waals surface area contributed by atoms with Crippen LogP contribution in [0.1, 0.15) is 62.0 Å². The number of carbonyl (C=O) groups is 3. The molecule has 2 amide bonds. The Morgan fingerprint density at radius 3 is 2.11 bits per heavy atom. The summed E-state index contributed by atoms with van der Waals surface area (Å²) < 4.78 is 5.58. The zero-order chi connectivity index (χ0) is 24.4. The normalized spacial score (nSPS) is 19.2. The standard InChI is InChI=1S/C28H32N2O5/c31-25(32)24(18-8-2-1-3-9-18)30-26(33)28(14-15-28)17-29-27(34)35-16-23-21-12-6-4-10-19(21)20-11-5-7-13-22(20)23/h4-7,10-13,18,23-24H,1-3,8-9,14-17H2,(H,29,34)(H,30,33)(H,31,32). The highest BCUT2D eigenvalue weighted by atomic mass is 16.5. The maximum absolute atomic E-state index is 13.0. The van der Waals surface area contributed by atoms with Gasteiger partial charge in [0.15, 0.2) is 0 Å². The fourth-order valence-electron chi connectivity index (χ4n) is 5.67. The third-order valence-corrected chi connectivity index (χ3v) is 7.92. The van der Waals surface area contributed by atoms with E-state index in [-0.39, 0.29) is 30.9 Å². The van der Waals surface area contributed by atoms with Crippen molar-refractivity contribution in [1.29, 1.82) is 0 Å². The molecule has 1 atom stereocenters. The number of alkyl carbamates (subject to hydrolysis) is 1. The van der Waals surface area contributed by atoms with E-state index in [0.29, 0.717) is 12.8 Å². The lowest BCUT2D eigenvalue weighted by atomic mass is 9.83. The second kappa shape index (κ2) is 9.72. The average molecular weight is 477 g/mol. The van der Waals surface area contributed by atoms with Gasteiger partial charge in [-0.3, -0.25) is 4.79 Å². The summed E-state index contributed by atoms with van der Waals surface area (Å²) >= 11 is 0. The first kappa shape index (κ1) is 23.4. The summed E-state index contributed by atoms with van der Waals surface area (Å²) in [5.41, 5.74) is 3.87. The van der Waals surface area contributed by atoms with Crippen LogP contribution in [0.3, 0.4) is 0 Å². The molecule has 3 aliphatic rings. The van der Waals surface area contributed by atoms with Crippen LogP contribution in [0.4, 0.5) is 4.79 Å². The number of fused-ring (bicyclic) bond motifs is 3. The number of carboxylic acids is 1. The van der Waals surface area contributed by atoms with E-state index in [1.807, 2.05) is 24.3 Å². The van der Waals surface area contributed by atoms with Crippen molar-refractivity contribution in [3.8, 4) is 11.1 Å². The van der Waals surface area contributed by atoms with Crippen LogP contribution >= 0.6 is 0 Å². The van der Waals surface area contributed by atoms with Crippen molar-refractivity contribution >= 4 is 18.0 Å². The highest BCUT2D eigenvalue weighted by Gasteiger charge is 2.51. The van der Waals surface area contributed by atoms with Crippen LogP contribution in [0, 0.1) is 11.3 Å². The molecule has 3 aliphatic carbocycles. The number of amides is 2. The molecule has 2 aromatic carbocycles. The number of rotatable bonds is 8. The average Bonchev–Trinajstić information content (AvgIpc) is 3.62. The second-order valence-corrected chi connectivity index (χ2v) is 10.1. The minimum Gasteiger partial charge on any atom is -0.480 e. The van der Waals surface area contributed by atoms with Crippen molar-refractivity contribution in [3.05, 3.63) is 59.7 Å². The molecule has 7 nitrogen and oxygen atoms in total. The van der Waals surface area contributed by atoms with Crippen LogP contribution in [-0.2, 0) is 14.3 Å². The highest BCUT2D eigenvalue weighted by Crippen LogP contribution is 2.46. The van der Waals surface area contributed by atoms with E-state index in [9.17, 15) is 19.5 Å². The van der Waals surface area contributed by atoms with Crippen molar-refractivity contribution < 1.29 is 24.2 Å². The van der Waals surface area contributed by atoms with Crippen LogP contribution in [0.2, 0.25) is 0 Å². The molecule has 0 radical (unpaired) electrons. The van der Waals surface area contributed by atoms with Gasteiger partial charge in [-0.15, -0.1) is 0 Å². The van der Waals surface area contributed by atoms with Crippen LogP contribution in [-0.4, -0.2) is 42.3 Å². The molecule has 184 valence electrons. The Hall–Kier alpha value is -3.35. The van der Waals surface area contributed by atoms with E-state index in [1.54, 1.807) is 0 Å². The lowest BCUT2D eigenvalue weighted by Gasteiger charge is -2.29. The van der Waals surface area contributed by atoms with Crippen LogP contribution < -0.4 is 10.6 Å². The molecule has 7 heteroatoms. The molecule has 0 spiro atoms. The Balaban J connectivity index is 1.16. The van der Waals surface area contributed by atoms with Gasteiger partial charge in [0.2, 0.25) is 5.91 Å². The quantitative estimate of drug-likeness (QED) is 0.522. The van der Waals surface area contributed by atoms with Gasteiger partial charge in [-0.2, -0.15) is 0 Å². The predicted molar refractivity (Wildman–Crippen MR) is 131 cm³/mol. The summed E-state index contributed by atoms with van der Waals surface area (Å²) in [5.74, 6) is -1.32. The van der Waals surface area contributed by atoms with Crippen LogP contribution in [0.25, 0.3) is 11.1 Å². The lowest BCUT2D eigenvalue weighted by molar-refractivity contribution is -0.144. The number of aliphatic carboxylic acids is 1. The number of hydrogen-bond donors (Lipinski definition) is 3. The number of benzene rings is 2. The van der Waals surface area contributed by atoms with Crippen molar-refractivity contribution in [3.63, 3.8) is 0 Å². The number of hydrogen-bond acceptors (Lipinski definition) is 4. The Kier molecular flexibility index (Phi) is 6.50. The maximum Gasteiger partial charge on any atom is 0.407 e. The third kappa shape index (κ3) is 4.77. The molecule has 2 fully saturated rings. The van der Waals surface area contributed by atoms with Gasteiger partial charge in [0.1, 0.15) is 12.6 Å². The van der Waals surface area contributed by atoms with Gasteiger partial charge in [0, 0.05) is 12.5 Å². The molecule has 2 aromatic rings. The number of carbonyl (C=O) groups excluding carboxylic acids is 2. The van der Waals surface area contributed by atoms with Crippen molar-refractivity contribution in [2.75, 3.05) is 13.2 Å². The van der Waals surface area contributed by atoms with Gasteiger partial charge in [-0.25, -0.2) is 9.59 Å². The molecular weight excluding hydrogens is 444 g/mol. The van der Waals surface area contributed by atoms with E-state index < -0.39 is 23.5 Å². The first-order valence-corrected chi connectivity index (χ1v) is 12.6. The lowest BCUT2D eigenvalue weighted by Crippen LogP contribution is -2.51. The topological polar surface area (TPSA) is 105 Å². The van der Waals surface area contributed by atoms with Gasteiger partial charge in [-0.05, 0) is 53.9 Å². The molecule has 0 heterocycles. The summed E-state index contributed by atoms with van der Waals surface area (Å²) in [6.45, 7) is 0.355. The van der Waals surface area contributed by atoms with E-state index in [1.165, 1.54) is 0 Å². The second-order valence-electron chi connectivity index (χ2n) is 10.1. The number of nitrogens with one attached hydrogen (secondary N) is 2. The van der Waals surface area contributed by atoms with Crippen molar-refractivity contribution in [2.45, 2.75) is 56.9 Å². The molecule has 0 bridgehead atoms. The molecule has 0 aliphatic heterocycles. The van der Waals surface area contributed by atoms with Gasteiger partial charge in [-0.1, -0.05) is 67.8 Å². The van der Waals surface area contributed by atoms with E-state index in [4.69, 9.17) is 4.74 Å². The van der Waals surface area contributed by atoms with Gasteiger partial charge < -0.3 is 20.5 Å². The fraction of sp³-hybridized carbons (Fsp3) is 0.464. The molecule has 5 rings (SSSR count). The maximum atomic E-state index is 13.0. The van der Waals surface area contributed by atoms with Gasteiger partial charge in [0.05, 0.1) is 5.41 Å². The van der Waals surface area contributed by atoms with Crippen LogP contribution in [0.15, 0.2) is 48.5 Å². The van der Waals surface area contributed by atoms with Crippen molar-refractivity contribution in [1.82, 2.24) is 10.6 Å². The molecule has 1 unspecified atom stereocenters. The largest absolute Gasteiger partial charge is 0.480 e. The zero-order valence-corrected chi connectivity index (χ0v) is 19.8. The first-order valence-electron chi connectivity index (χ1n) is 12.6. The smallest absolute Gasteiger partial charge is 0.407 e. The van der Waals surface area contributed by atoms with Gasteiger partial charge in [0.25, 0.3) is 0 Å². The molecule has 35 heavy (non-hydrogen) atoms. The summed E-state index contributed by atoms with van der Waals surface area (Å²) in [6, 6.07) is 15.4. The Morgan fingerprint density at radius 1 is 0.943 bits per heavy atom. The summed E-state index contributed by atoms with van der Waals surface area (Å²) in [6.07, 6.45) is 5.44. The minimum atomic E-state index is -0.981. The Bertz CT molecular complexity index is 1070. The third-order valence-electron chi connectivity index (χ3n) is 7.92. The van der Waals surface area contributed by atoms with E-state index >= 15 is 0 Å². The summed E-state index contributed by atoms with van der Waals surface area (Å²) in [4.78, 5) is 37.3. The molecular formula is C28H32N2O5. The molecule has 0 saturated heterocycles.